The van der Waals surface area contributed by atoms with Gasteiger partial charge in [-0.3, -0.25) is 10.2 Å². The summed E-state index contributed by atoms with van der Waals surface area (Å²) in [5, 5.41) is 0. The van der Waals surface area contributed by atoms with E-state index in [0.717, 1.165) is 12.2 Å². The van der Waals surface area contributed by atoms with E-state index in [1.54, 1.807) is 7.05 Å². The molecule has 0 unspecified atom stereocenters. The molecule has 1 rings (SSSR count). The highest BCUT2D eigenvalue weighted by Crippen LogP contribution is 2.12. The molecule has 0 aromatic heterocycles. The van der Waals surface area contributed by atoms with E-state index in [0.29, 0.717) is 13.0 Å². The van der Waals surface area contributed by atoms with Gasteiger partial charge in [0.2, 0.25) is 5.91 Å². The Balaban J connectivity index is 2.29. The van der Waals surface area contributed by atoms with Crippen molar-refractivity contribution in [2.75, 3.05) is 13.7 Å². The fourth-order valence-corrected chi connectivity index (χ4v) is 1.28. The van der Waals surface area contributed by atoms with Crippen molar-refractivity contribution < 1.29 is 9.53 Å². The minimum absolute atomic E-state index is 0.0762. The van der Waals surface area contributed by atoms with Crippen LogP contribution in [0.25, 0.3) is 0 Å². The molecule has 88 valence electrons. The van der Waals surface area contributed by atoms with Crippen LogP contribution in [0.15, 0.2) is 24.3 Å². The SMILES string of the molecule is CCc1ccc(OCCC(=O)NNC)cc1. The summed E-state index contributed by atoms with van der Waals surface area (Å²) in [6.45, 7) is 2.50. The molecule has 4 heteroatoms. The second-order valence-electron chi connectivity index (χ2n) is 3.39. The van der Waals surface area contributed by atoms with Crippen molar-refractivity contribution in [3.63, 3.8) is 0 Å². The zero-order chi connectivity index (χ0) is 11.8. The highest BCUT2D eigenvalue weighted by atomic mass is 16.5. The smallest absolute Gasteiger partial charge is 0.237 e. The Labute approximate surface area is 96.0 Å². The van der Waals surface area contributed by atoms with Crippen LogP contribution in [0.5, 0.6) is 5.75 Å². The van der Waals surface area contributed by atoms with Crippen LogP contribution >= 0.6 is 0 Å². The molecule has 1 amide bonds. The van der Waals surface area contributed by atoms with Crippen molar-refractivity contribution in [2.45, 2.75) is 19.8 Å². The summed E-state index contributed by atoms with van der Waals surface area (Å²) >= 11 is 0. The van der Waals surface area contributed by atoms with Crippen LogP contribution in [-0.2, 0) is 11.2 Å². The Morgan fingerprint density at radius 2 is 2.00 bits per heavy atom. The number of hydrogen-bond donors (Lipinski definition) is 2. The Hall–Kier alpha value is -1.55. The number of benzene rings is 1. The van der Waals surface area contributed by atoms with Crippen molar-refractivity contribution in [3.8, 4) is 5.75 Å². The first kappa shape index (κ1) is 12.5. The van der Waals surface area contributed by atoms with Gasteiger partial charge in [-0.2, -0.15) is 0 Å². The van der Waals surface area contributed by atoms with Crippen molar-refractivity contribution in [1.29, 1.82) is 0 Å². The van der Waals surface area contributed by atoms with Gasteiger partial charge in [0.1, 0.15) is 5.75 Å². The Bertz CT molecular complexity index is 322. The molecule has 16 heavy (non-hydrogen) atoms. The summed E-state index contributed by atoms with van der Waals surface area (Å²) in [6, 6.07) is 7.91. The molecule has 0 bridgehead atoms. The zero-order valence-electron chi connectivity index (χ0n) is 9.75. The van der Waals surface area contributed by atoms with E-state index in [4.69, 9.17) is 4.74 Å². The fraction of sp³-hybridized carbons (Fsp3) is 0.417. The van der Waals surface area contributed by atoms with Gasteiger partial charge in [-0.15, -0.1) is 0 Å². The number of carbonyl (C=O) groups is 1. The topological polar surface area (TPSA) is 50.4 Å². The summed E-state index contributed by atoms with van der Waals surface area (Å²) in [5.74, 6) is 0.724. The van der Waals surface area contributed by atoms with Gasteiger partial charge >= 0.3 is 0 Å². The van der Waals surface area contributed by atoms with Crippen LogP contribution in [0, 0.1) is 0 Å². The predicted octanol–water partition coefficient (Wildman–Crippen LogP) is 1.27. The van der Waals surface area contributed by atoms with Gasteiger partial charge in [-0.05, 0) is 24.1 Å². The summed E-state index contributed by atoms with van der Waals surface area (Å²) in [7, 11) is 1.65. The third kappa shape index (κ3) is 4.31. The number of nitrogens with one attached hydrogen (secondary N) is 2. The molecule has 0 radical (unpaired) electrons. The maximum Gasteiger partial charge on any atom is 0.237 e. The molecule has 0 spiro atoms. The normalized spacial score (nSPS) is 9.88. The van der Waals surface area contributed by atoms with Gasteiger partial charge in [0.15, 0.2) is 0 Å². The lowest BCUT2D eigenvalue weighted by molar-refractivity contribution is -0.122. The lowest BCUT2D eigenvalue weighted by Crippen LogP contribution is -2.34. The first-order valence-electron chi connectivity index (χ1n) is 5.43. The summed E-state index contributed by atoms with van der Waals surface area (Å²) in [4.78, 5) is 11.1. The molecule has 0 atom stereocenters. The van der Waals surface area contributed by atoms with E-state index < -0.39 is 0 Å². The summed E-state index contributed by atoms with van der Waals surface area (Å²) < 4.78 is 5.43. The monoisotopic (exact) mass is 222 g/mol. The summed E-state index contributed by atoms with van der Waals surface area (Å²) in [5.41, 5.74) is 6.34. The number of hydrazine groups is 1. The predicted molar refractivity (Wildman–Crippen MR) is 63.1 cm³/mol. The average Bonchev–Trinajstić information content (AvgIpc) is 2.30. The van der Waals surface area contributed by atoms with Crippen LogP contribution in [0.3, 0.4) is 0 Å². The van der Waals surface area contributed by atoms with Crippen molar-refractivity contribution in [2.24, 2.45) is 0 Å². The van der Waals surface area contributed by atoms with E-state index in [9.17, 15) is 4.79 Å². The van der Waals surface area contributed by atoms with E-state index in [-0.39, 0.29) is 5.91 Å². The van der Waals surface area contributed by atoms with E-state index in [1.807, 2.05) is 24.3 Å². The maximum atomic E-state index is 11.1. The minimum Gasteiger partial charge on any atom is -0.493 e. The van der Waals surface area contributed by atoms with E-state index in [1.165, 1.54) is 5.56 Å². The number of carbonyl (C=O) groups excluding carboxylic acids is 1. The van der Waals surface area contributed by atoms with Gasteiger partial charge in [-0.1, -0.05) is 19.1 Å². The van der Waals surface area contributed by atoms with Crippen LogP contribution in [0.1, 0.15) is 18.9 Å². The van der Waals surface area contributed by atoms with Crippen LogP contribution in [-0.4, -0.2) is 19.6 Å². The molecule has 0 saturated heterocycles. The molecule has 1 aromatic carbocycles. The largest absolute Gasteiger partial charge is 0.493 e. The molecule has 0 heterocycles. The molecule has 0 fully saturated rings. The summed E-state index contributed by atoms with van der Waals surface area (Å²) in [6.07, 6.45) is 1.36. The molecular weight excluding hydrogens is 204 g/mol. The maximum absolute atomic E-state index is 11.1. The van der Waals surface area contributed by atoms with Crippen LogP contribution in [0.4, 0.5) is 0 Å². The van der Waals surface area contributed by atoms with Crippen LogP contribution < -0.4 is 15.6 Å². The highest BCUT2D eigenvalue weighted by Gasteiger charge is 2.00. The Kier molecular flexibility index (Phi) is 5.36. The van der Waals surface area contributed by atoms with Gasteiger partial charge in [0.25, 0.3) is 0 Å². The molecule has 0 aliphatic heterocycles. The van der Waals surface area contributed by atoms with Crippen molar-refractivity contribution >= 4 is 5.91 Å². The standard InChI is InChI=1S/C12H18N2O2/c1-3-10-4-6-11(7-5-10)16-9-8-12(15)14-13-2/h4-7,13H,3,8-9H2,1-2H3,(H,14,15). The van der Waals surface area contributed by atoms with Crippen molar-refractivity contribution in [3.05, 3.63) is 29.8 Å². The number of aryl methyl sites for hydroxylation is 1. The molecule has 1 aromatic rings. The minimum atomic E-state index is -0.0762. The van der Waals surface area contributed by atoms with Gasteiger partial charge in [0.05, 0.1) is 13.0 Å². The Morgan fingerprint density at radius 1 is 1.31 bits per heavy atom. The fourth-order valence-electron chi connectivity index (χ4n) is 1.28. The molecule has 2 N–H and O–H groups in total. The molecule has 0 aliphatic carbocycles. The number of hydrogen-bond acceptors (Lipinski definition) is 3. The zero-order valence-corrected chi connectivity index (χ0v) is 9.75. The van der Waals surface area contributed by atoms with E-state index >= 15 is 0 Å². The average molecular weight is 222 g/mol. The van der Waals surface area contributed by atoms with Crippen LogP contribution in [0.2, 0.25) is 0 Å². The first-order valence-corrected chi connectivity index (χ1v) is 5.43. The lowest BCUT2D eigenvalue weighted by Gasteiger charge is -2.06. The highest BCUT2D eigenvalue weighted by molar-refractivity contribution is 5.75. The van der Waals surface area contributed by atoms with Gasteiger partial charge in [0, 0.05) is 7.05 Å². The van der Waals surface area contributed by atoms with Gasteiger partial charge < -0.3 is 4.74 Å². The third-order valence-electron chi connectivity index (χ3n) is 2.19. The van der Waals surface area contributed by atoms with Gasteiger partial charge in [-0.25, -0.2) is 5.43 Å². The second kappa shape index (κ2) is 6.85. The first-order chi connectivity index (χ1) is 7.76. The molecule has 0 aliphatic rings. The molecule has 0 saturated carbocycles. The number of ether oxygens (including phenoxy) is 1. The second-order valence-corrected chi connectivity index (χ2v) is 3.39. The van der Waals surface area contributed by atoms with Crippen molar-refractivity contribution in [1.82, 2.24) is 10.9 Å². The number of rotatable bonds is 6. The Morgan fingerprint density at radius 3 is 2.56 bits per heavy atom. The number of amides is 1. The van der Waals surface area contributed by atoms with E-state index in [2.05, 4.69) is 17.8 Å². The third-order valence-corrected chi connectivity index (χ3v) is 2.19. The quantitative estimate of drug-likeness (QED) is 0.713. The lowest BCUT2D eigenvalue weighted by atomic mass is 10.2. The molecular formula is C12H18N2O2. The molecule has 4 nitrogen and oxygen atoms in total.